The fourth-order valence-electron chi connectivity index (χ4n) is 6.35. The van der Waals surface area contributed by atoms with Crippen molar-refractivity contribution in [1.29, 1.82) is 0 Å². The Morgan fingerprint density at radius 1 is 0.585 bits per heavy atom. The van der Waals surface area contributed by atoms with Gasteiger partial charge in [0.15, 0.2) is 0 Å². The van der Waals surface area contributed by atoms with E-state index in [4.69, 9.17) is 0 Å². The van der Waals surface area contributed by atoms with E-state index in [-0.39, 0.29) is 0 Å². The second kappa shape index (κ2) is 9.66. The Labute approximate surface area is 247 Å². The van der Waals surface area contributed by atoms with Crippen LogP contribution in [0.4, 0.5) is 0 Å². The minimum absolute atomic E-state index is 0.766. The van der Waals surface area contributed by atoms with Crippen molar-refractivity contribution in [3.8, 4) is 39.8 Å². The standard InChI is InChI=1S/C39H24BrN/c40-28-21-24-37-35(25-28)30-13-5-2-6-18-36(30)41(37)29-22-19-27(20-23-29)39-33-16-9-7-14-31(33)38(26-11-3-1-4-12-26)32-15-8-10-17-34(32)39/h1,3-5,7-17,19-25H,2H2. The molecule has 7 aromatic rings. The highest BCUT2D eigenvalue weighted by atomic mass is 79.9. The van der Waals surface area contributed by atoms with Crippen LogP contribution in [0.5, 0.6) is 0 Å². The molecule has 2 heteroatoms. The summed E-state index contributed by atoms with van der Waals surface area (Å²) >= 11 is 3.67. The summed E-state index contributed by atoms with van der Waals surface area (Å²) in [5, 5.41) is 6.27. The predicted octanol–water partition coefficient (Wildman–Crippen LogP) is 10.8. The Kier molecular flexibility index (Phi) is 5.66. The number of nitrogens with zero attached hydrogens (tertiary/aromatic N) is 1. The molecule has 41 heavy (non-hydrogen) atoms. The van der Waals surface area contributed by atoms with Crippen molar-refractivity contribution in [3.63, 3.8) is 0 Å². The summed E-state index contributed by atoms with van der Waals surface area (Å²) in [7, 11) is 0. The molecule has 192 valence electrons. The maximum absolute atomic E-state index is 3.67. The van der Waals surface area contributed by atoms with Crippen molar-refractivity contribution in [2.45, 2.75) is 6.42 Å². The Bertz CT molecular complexity index is 2170. The normalized spacial score (nSPS) is 12.3. The average Bonchev–Trinajstić information content (AvgIpc) is 3.14. The van der Waals surface area contributed by atoms with Gasteiger partial charge >= 0.3 is 0 Å². The van der Waals surface area contributed by atoms with E-state index in [1.807, 2.05) is 0 Å². The minimum atomic E-state index is 0.766. The first kappa shape index (κ1) is 24.0. The van der Waals surface area contributed by atoms with Crippen LogP contribution in [0.2, 0.25) is 0 Å². The van der Waals surface area contributed by atoms with E-state index in [0.717, 1.165) is 27.8 Å². The summed E-state index contributed by atoms with van der Waals surface area (Å²) in [6.45, 7) is 0. The van der Waals surface area contributed by atoms with Gasteiger partial charge in [0.05, 0.1) is 5.52 Å². The molecule has 0 N–H and O–H groups in total. The van der Waals surface area contributed by atoms with Crippen LogP contribution < -0.4 is 0 Å². The summed E-state index contributed by atoms with van der Waals surface area (Å²) in [5.74, 6) is 6.77. The number of hydrogen-bond donors (Lipinski definition) is 0. The van der Waals surface area contributed by atoms with Crippen molar-refractivity contribution in [1.82, 2.24) is 4.57 Å². The average molecular weight is 587 g/mol. The fourth-order valence-corrected chi connectivity index (χ4v) is 6.71. The largest absolute Gasteiger partial charge is 0.302 e. The van der Waals surface area contributed by atoms with Crippen LogP contribution in [0.3, 0.4) is 0 Å². The molecule has 0 saturated heterocycles. The van der Waals surface area contributed by atoms with Crippen molar-refractivity contribution in [3.05, 3.63) is 143 Å². The summed E-state index contributed by atoms with van der Waals surface area (Å²) < 4.78 is 3.38. The number of aromatic nitrogens is 1. The topological polar surface area (TPSA) is 4.93 Å². The molecule has 0 radical (unpaired) electrons. The number of halogens is 1. The minimum Gasteiger partial charge on any atom is -0.302 e. The highest BCUT2D eigenvalue weighted by Crippen LogP contribution is 2.44. The first-order chi connectivity index (χ1) is 20.3. The van der Waals surface area contributed by atoms with E-state index in [1.165, 1.54) is 54.7 Å². The van der Waals surface area contributed by atoms with E-state index in [0.29, 0.717) is 0 Å². The second-order valence-corrected chi connectivity index (χ2v) is 11.3. The monoisotopic (exact) mass is 585 g/mol. The van der Waals surface area contributed by atoms with Crippen LogP contribution in [-0.4, -0.2) is 4.57 Å². The maximum Gasteiger partial charge on any atom is 0.105 e. The van der Waals surface area contributed by atoms with Gasteiger partial charge in [0.25, 0.3) is 0 Å². The van der Waals surface area contributed by atoms with E-state index in [2.05, 4.69) is 166 Å². The molecule has 1 aliphatic rings. The molecule has 0 spiro atoms. The van der Waals surface area contributed by atoms with Crippen molar-refractivity contribution >= 4 is 54.5 Å². The third-order valence-corrected chi connectivity index (χ3v) is 8.58. The zero-order valence-electron chi connectivity index (χ0n) is 22.2. The molecule has 0 atom stereocenters. The quantitative estimate of drug-likeness (QED) is 0.143. The highest BCUT2D eigenvalue weighted by Gasteiger charge is 2.19. The Morgan fingerprint density at radius 3 is 1.80 bits per heavy atom. The predicted molar refractivity (Wildman–Crippen MR) is 177 cm³/mol. The molecular formula is C39H24BrN. The highest BCUT2D eigenvalue weighted by molar-refractivity contribution is 9.10. The van der Waals surface area contributed by atoms with Crippen molar-refractivity contribution < 1.29 is 0 Å². The van der Waals surface area contributed by atoms with E-state index in [1.54, 1.807) is 0 Å². The van der Waals surface area contributed by atoms with E-state index < -0.39 is 0 Å². The van der Waals surface area contributed by atoms with Crippen LogP contribution in [0.15, 0.2) is 132 Å². The number of benzene rings is 6. The molecule has 1 nitrogen and oxygen atoms in total. The van der Waals surface area contributed by atoms with Gasteiger partial charge in [-0.3, -0.25) is 0 Å². The molecule has 8 rings (SSSR count). The first-order valence-electron chi connectivity index (χ1n) is 13.9. The smallest absolute Gasteiger partial charge is 0.105 e. The van der Waals surface area contributed by atoms with Crippen molar-refractivity contribution in [2.24, 2.45) is 0 Å². The molecular weight excluding hydrogens is 562 g/mol. The molecule has 1 aromatic heterocycles. The summed E-state index contributed by atoms with van der Waals surface area (Å²) in [4.78, 5) is 0. The Balaban J connectivity index is 1.36. The van der Waals surface area contributed by atoms with Crippen LogP contribution in [0.1, 0.15) is 17.7 Å². The molecule has 0 aliphatic heterocycles. The van der Waals surface area contributed by atoms with E-state index in [9.17, 15) is 0 Å². The Hall–Kier alpha value is -4.84. The van der Waals surface area contributed by atoms with Gasteiger partial charge in [-0.05, 0) is 80.1 Å². The van der Waals surface area contributed by atoms with Crippen LogP contribution in [-0.2, 0) is 0 Å². The second-order valence-electron chi connectivity index (χ2n) is 10.4. The van der Waals surface area contributed by atoms with Gasteiger partial charge in [-0.15, -0.1) is 0 Å². The molecule has 6 aromatic carbocycles. The molecule has 0 fully saturated rings. The maximum atomic E-state index is 3.67. The SMILES string of the molecule is Brc1ccc2c(c1)c1c(n2-c2ccc(-c3c4ccccc4c(-c4ccccc4)c4ccccc34)cc2)C#CCC=C1. The van der Waals surface area contributed by atoms with Crippen LogP contribution in [0, 0.1) is 11.8 Å². The summed E-state index contributed by atoms with van der Waals surface area (Å²) in [5.41, 5.74) is 9.51. The molecule has 0 bridgehead atoms. The van der Waals surface area contributed by atoms with Crippen molar-refractivity contribution in [2.75, 3.05) is 0 Å². The molecule has 0 saturated carbocycles. The Morgan fingerprint density at radius 2 is 1.17 bits per heavy atom. The molecule has 0 amide bonds. The fraction of sp³-hybridized carbons (Fsp3) is 0.0256. The summed E-state index contributed by atoms with van der Waals surface area (Å²) in [6, 6.07) is 43.9. The number of rotatable bonds is 3. The van der Waals surface area contributed by atoms with Gasteiger partial charge in [-0.1, -0.05) is 125 Å². The lowest BCUT2D eigenvalue weighted by molar-refractivity contribution is 1.10. The number of fused-ring (bicyclic) bond motifs is 5. The molecule has 0 unspecified atom stereocenters. The molecule has 1 aliphatic carbocycles. The zero-order valence-corrected chi connectivity index (χ0v) is 23.8. The lowest BCUT2D eigenvalue weighted by Crippen LogP contribution is -1.98. The molecule has 1 heterocycles. The first-order valence-corrected chi connectivity index (χ1v) is 14.7. The van der Waals surface area contributed by atoms with Gasteiger partial charge < -0.3 is 4.57 Å². The third-order valence-electron chi connectivity index (χ3n) is 8.09. The third kappa shape index (κ3) is 3.85. The van der Waals surface area contributed by atoms with Crippen LogP contribution in [0.25, 0.3) is 66.5 Å². The lowest BCUT2D eigenvalue weighted by Gasteiger charge is -2.18. The van der Waals surface area contributed by atoms with Crippen LogP contribution >= 0.6 is 15.9 Å². The zero-order chi connectivity index (χ0) is 27.3. The van der Waals surface area contributed by atoms with Gasteiger partial charge in [0.1, 0.15) is 5.69 Å². The van der Waals surface area contributed by atoms with E-state index >= 15 is 0 Å². The van der Waals surface area contributed by atoms with Gasteiger partial charge in [0.2, 0.25) is 0 Å². The lowest BCUT2D eigenvalue weighted by atomic mass is 9.86. The van der Waals surface area contributed by atoms with Gasteiger partial charge in [0, 0.05) is 27.5 Å². The summed E-state index contributed by atoms with van der Waals surface area (Å²) in [6.07, 6.45) is 5.12. The van der Waals surface area contributed by atoms with Gasteiger partial charge in [-0.25, -0.2) is 0 Å². The number of hydrogen-bond acceptors (Lipinski definition) is 0. The number of allylic oxidation sites excluding steroid dienone is 1. The van der Waals surface area contributed by atoms with Gasteiger partial charge in [-0.2, -0.15) is 0 Å².